The Morgan fingerprint density at radius 3 is 2.43 bits per heavy atom. The molecule has 0 bridgehead atoms. The Morgan fingerprint density at radius 2 is 1.86 bits per heavy atom. The molecule has 1 aromatic heterocycles. The van der Waals surface area contributed by atoms with Crippen molar-refractivity contribution in [3.63, 3.8) is 0 Å². The van der Waals surface area contributed by atoms with Gasteiger partial charge < -0.3 is 9.88 Å². The van der Waals surface area contributed by atoms with E-state index in [4.69, 9.17) is 0 Å². The molecular formula is C17H23F2N5O3S. The molecule has 8 nitrogen and oxygen atoms in total. The van der Waals surface area contributed by atoms with Gasteiger partial charge in [-0.3, -0.25) is 4.79 Å². The Hall–Kier alpha value is -2.11. The van der Waals surface area contributed by atoms with Crippen molar-refractivity contribution in [3.8, 4) is 0 Å². The molecule has 1 aliphatic rings. The second-order valence-electron chi connectivity index (χ2n) is 6.44. The van der Waals surface area contributed by atoms with Gasteiger partial charge in [-0.1, -0.05) is 13.8 Å². The first-order valence-electron chi connectivity index (χ1n) is 9.10. The highest BCUT2D eigenvalue weighted by molar-refractivity contribution is 7.86. The van der Waals surface area contributed by atoms with Gasteiger partial charge in [0.15, 0.2) is 5.82 Å². The van der Waals surface area contributed by atoms with Gasteiger partial charge in [0.1, 0.15) is 0 Å². The third-order valence-corrected chi connectivity index (χ3v) is 7.02. The van der Waals surface area contributed by atoms with Gasteiger partial charge in [-0.15, -0.1) is 0 Å². The number of hydrogen-bond acceptors (Lipinski definition) is 4. The maximum absolute atomic E-state index is 12.8. The Balaban J connectivity index is 1.71. The minimum absolute atomic E-state index is 0.215. The number of aromatic nitrogens is 2. The first kappa shape index (κ1) is 20.6. The molecule has 1 aliphatic heterocycles. The molecule has 2 heterocycles. The minimum atomic E-state index is -3.53. The zero-order chi connectivity index (χ0) is 20.5. The first-order chi connectivity index (χ1) is 13.3. The lowest BCUT2D eigenvalue weighted by atomic mass is 10.1. The van der Waals surface area contributed by atoms with Crippen molar-refractivity contribution in [2.24, 2.45) is 0 Å². The zero-order valence-electron chi connectivity index (χ0n) is 15.7. The number of hydrogen-bond donors (Lipinski definition) is 1. The molecule has 1 saturated heterocycles. The van der Waals surface area contributed by atoms with Crippen LogP contribution < -0.4 is 0 Å². The topological polar surface area (TPSA) is 89.6 Å². The summed E-state index contributed by atoms with van der Waals surface area (Å²) in [6.45, 7) is 5.31. The van der Waals surface area contributed by atoms with Crippen LogP contribution in [0.25, 0.3) is 11.0 Å². The van der Waals surface area contributed by atoms with E-state index in [1.54, 1.807) is 24.8 Å². The van der Waals surface area contributed by atoms with Gasteiger partial charge in [-0.05, 0) is 18.2 Å². The highest BCUT2D eigenvalue weighted by atomic mass is 32.2. The van der Waals surface area contributed by atoms with E-state index in [9.17, 15) is 22.0 Å². The van der Waals surface area contributed by atoms with Crippen LogP contribution in [0.1, 0.15) is 36.5 Å². The summed E-state index contributed by atoms with van der Waals surface area (Å²) < 4.78 is 53.5. The lowest BCUT2D eigenvalue weighted by molar-refractivity contribution is 0.0694. The van der Waals surface area contributed by atoms with Crippen molar-refractivity contribution in [2.75, 3.05) is 39.3 Å². The summed E-state index contributed by atoms with van der Waals surface area (Å²) >= 11 is 0. The van der Waals surface area contributed by atoms with E-state index in [0.29, 0.717) is 29.7 Å². The summed E-state index contributed by atoms with van der Waals surface area (Å²) in [7, 11) is -3.53. The average molecular weight is 415 g/mol. The molecular weight excluding hydrogens is 392 g/mol. The third-order valence-electron chi connectivity index (χ3n) is 4.84. The number of nitrogens with zero attached hydrogens (tertiary/aromatic N) is 4. The highest BCUT2D eigenvalue weighted by Crippen LogP contribution is 2.22. The van der Waals surface area contributed by atoms with Crippen molar-refractivity contribution in [2.45, 2.75) is 20.3 Å². The van der Waals surface area contributed by atoms with Gasteiger partial charge in [-0.25, -0.2) is 13.8 Å². The number of piperazine rings is 1. The number of halogens is 2. The lowest BCUT2D eigenvalue weighted by Crippen LogP contribution is -2.54. The molecule has 0 saturated carbocycles. The number of alkyl halides is 2. The van der Waals surface area contributed by atoms with Gasteiger partial charge >= 0.3 is 0 Å². The number of fused-ring (bicyclic) bond motifs is 1. The SMILES string of the molecule is CCN(CC)S(=O)(=O)N1CCN(C(=O)c2ccc3nc(C(F)F)[nH]c3c2)CC1. The van der Waals surface area contributed by atoms with Crippen LogP contribution in [0.15, 0.2) is 18.2 Å². The third kappa shape index (κ3) is 3.87. The second kappa shape index (κ2) is 8.10. The summed E-state index contributed by atoms with van der Waals surface area (Å²) in [6.07, 6.45) is -2.72. The van der Waals surface area contributed by atoms with Crippen molar-refractivity contribution < 1.29 is 22.0 Å². The van der Waals surface area contributed by atoms with Crippen LogP contribution in [0.5, 0.6) is 0 Å². The molecule has 0 atom stereocenters. The number of amides is 1. The maximum atomic E-state index is 12.8. The molecule has 28 heavy (non-hydrogen) atoms. The first-order valence-corrected chi connectivity index (χ1v) is 10.5. The predicted molar refractivity (Wildman–Crippen MR) is 100 cm³/mol. The van der Waals surface area contributed by atoms with E-state index >= 15 is 0 Å². The number of carbonyl (C=O) groups excluding carboxylic acids is 1. The zero-order valence-corrected chi connectivity index (χ0v) is 16.5. The van der Waals surface area contributed by atoms with Crippen LogP contribution >= 0.6 is 0 Å². The van der Waals surface area contributed by atoms with Crippen LogP contribution in [0.2, 0.25) is 0 Å². The summed E-state index contributed by atoms with van der Waals surface area (Å²) in [5, 5.41) is 0. The summed E-state index contributed by atoms with van der Waals surface area (Å²) in [6, 6.07) is 4.56. The van der Waals surface area contributed by atoms with Crippen molar-refractivity contribution in [1.29, 1.82) is 0 Å². The largest absolute Gasteiger partial charge is 0.337 e. The molecule has 11 heteroatoms. The number of carbonyl (C=O) groups is 1. The van der Waals surface area contributed by atoms with Crippen LogP contribution in [0.3, 0.4) is 0 Å². The quantitative estimate of drug-likeness (QED) is 0.780. The number of H-pyrrole nitrogens is 1. The summed E-state index contributed by atoms with van der Waals surface area (Å²) in [5.74, 6) is -0.704. The van der Waals surface area contributed by atoms with E-state index in [2.05, 4.69) is 9.97 Å². The second-order valence-corrected chi connectivity index (χ2v) is 8.37. The Kier molecular flexibility index (Phi) is 5.96. The van der Waals surface area contributed by atoms with Crippen molar-refractivity contribution in [3.05, 3.63) is 29.6 Å². The smallest absolute Gasteiger partial charge is 0.295 e. The molecule has 1 N–H and O–H groups in total. The van der Waals surface area contributed by atoms with Crippen LogP contribution in [0, 0.1) is 0 Å². The molecule has 0 aliphatic carbocycles. The van der Waals surface area contributed by atoms with Gasteiger partial charge in [0.05, 0.1) is 11.0 Å². The Morgan fingerprint density at radius 1 is 1.21 bits per heavy atom. The van der Waals surface area contributed by atoms with Gasteiger partial charge in [0, 0.05) is 44.8 Å². The molecule has 1 aromatic carbocycles. The number of rotatable bonds is 6. The fourth-order valence-corrected chi connectivity index (χ4v) is 4.89. The predicted octanol–water partition coefficient (Wildman–Crippen LogP) is 1.84. The van der Waals surface area contributed by atoms with Crippen LogP contribution in [-0.4, -0.2) is 77.1 Å². The van der Waals surface area contributed by atoms with E-state index in [1.807, 2.05) is 0 Å². The van der Waals surface area contributed by atoms with Crippen molar-refractivity contribution >= 4 is 27.1 Å². The van der Waals surface area contributed by atoms with E-state index in [-0.39, 0.29) is 32.1 Å². The summed E-state index contributed by atoms with van der Waals surface area (Å²) in [5.41, 5.74) is 1.07. The Labute approximate surface area is 162 Å². The molecule has 0 radical (unpaired) electrons. The highest BCUT2D eigenvalue weighted by Gasteiger charge is 2.32. The Bertz CT molecular complexity index is 951. The minimum Gasteiger partial charge on any atom is -0.337 e. The molecule has 0 spiro atoms. The molecule has 3 rings (SSSR count). The van der Waals surface area contributed by atoms with E-state index < -0.39 is 22.5 Å². The molecule has 154 valence electrons. The number of imidazole rings is 1. The number of nitrogens with one attached hydrogen (secondary N) is 1. The van der Waals surface area contributed by atoms with Crippen molar-refractivity contribution in [1.82, 2.24) is 23.5 Å². The van der Waals surface area contributed by atoms with Gasteiger partial charge in [-0.2, -0.15) is 17.0 Å². The lowest BCUT2D eigenvalue weighted by Gasteiger charge is -2.36. The molecule has 0 unspecified atom stereocenters. The normalized spacial score (nSPS) is 16.4. The van der Waals surface area contributed by atoms with Crippen LogP contribution in [0.4, 0.5) is 8.78 Å². The fourth-order valence-electron chi connectivity index (χ4n) is 3.28. The maximum Gasteiger partial charge on any atom is 0.295 e. The van der Waals surface area contributed by atoms with E-state index in [1.165, 1.54) is 20.7 Å². The standard InChI is InChI=1S/C17H23F2N5O3S/c1-3-23(4-2)28(26,27)24-9-7-22(8-10-24)17(25)12-5-6-13-14(11-12)21-16(20-13)15(18)19/h5-6,11,15H,3-4,7-10H2,1-2H3,(H,20,21). The number of benzene rings is 1. The molecule has 1 amide bonds. The van der Waals surface area contributed by atoms with Gasteiger partial charge in [0.2, 0.25) is 0 Å². The number of aromatic amines is 1. The molecule has 2 aromatic rings. The van der Waals surface area contributed by atoms with Crippen LogP contribution in [-0.2, 0) is 10.2 Å². The summed E-state index contributed by atoms with van der Waals surface area (Å²) in [4.78, 5) is 20.6. The molecule has 1 fully saturated rings. The van der Waals surface area contributed by atoms with E-state index in [0.717, 1.165) is 0 Å². The van der Waals surface area contributed by atoms with Gasteiger partial charge in [0.25, 0.3) is 22.5 Å². The fraction of sp³-hybridized carbons (Fsp3) is 0.529. The average Bonchev–Trinajstić information content (AvgIpc) is 3.12. The monoisotopic (exact) mass is 415 g/mol.